The van der Waals surface area contributed by atoms with Crippen molar-refractivity contribution in [1.82, 2.24) is 5.32 Å². The lowest BCUT2D eigenvalue weighted by molar-refractivity contribution is -0.134. The topological polar surface area (TPSA) is 38.3 Å². The van der Waals surface area contributed by atoms with Crippen LogP contribution in [0.5, 0.6) is 0 Å². The predicted octanol–water partition coefficient (Wildman–Crippen LogP) is 0.647. The summed E-state index contributed by atoms with van der Waals surface area (Å²) in [6, 6.07) is 0.625. The number of carbonyl (C=O) groups is 1. The molecule has 0 amide bonds. The van der Waals surface area contributed by atoms with E-state index in [1.54, 1.807) is 0 Å². The van der Waals surface area contributed by atoms with Gasteiger partial charge in [-0.05, 0) is 18.8 Å². The Morgan fingerprint density at radius 3 is 3.09 bits per heavy atom. The van der Waals surface area contributed by atoms with Gasteiger partial charge in [0.25, 0.3) is 6.47 Å². The van der Waals surface area contributed by atoms with Gasteiger partial charge in [-0.15, -0.1) is 0 Å². The molecular formula is C8H13NO2. The summed E-state index contributed by atoms with van der Waals surface area (Å²) in [5.74, 6) is 0.764. The number of rotatable bonds is 2. The maximum Gasteiger partial charge on any atom is 0.294 e. The second-order valence-electron chi connectivity index (χ2n) is 3.42. The molecule has 62 valence electrons. The fraction of sp³-hybridized carbons (Fsp3) is 0.875. The van der Waals surface area contributed by atoms with Crippen molar-refractivity contribution in [2.45, 2.75) is 38.0 Å². The highest BCUT2D eigenvalue weighted by Crippen LogP contribution is 2.34. The molecule has 0 spiro atoms. The van der Waals surface area contributed by atoms with Crippen molar-refractivity contribution in [3.63, 3.8) is 0 Å². The van der Waals surface area contributed by atoms with Crippen LogP contribution in [0.1, 0.15) is 25.7 Å². The molecule has 0 radical (unpaired) electrons. The number of carbonyl (C=O) groups excluding carboxylic acids is 1. The number of ether oxygens (including phenoxy) is 1. The first-order valence-electron chi connectivity index (χ1n) is 4.25. The fourth-order valence-corrected chi connectivity index (χ4v) is 2.28. The highest BCUT2D eigenvalue weighted by atomic mass is 16.5. The van der Waals surface area contributed by atoms with E-state index in [-0.39, 0.29) is 6.23 Å². The SMILES string of the molecule is O=COC1CC2CCCC2N1. The molecule has 1 saturated heterocycles. The van der Waals surface area contributed by atoms with Crippen molar-refractivity contribution in [3.05, 3.63) is 0 Å². The van der Waals surface area contributed by atoms with E-state index in [0.29, 0.717) is 12.5 Å². The molecule has 0 aromatic heterocycles. The molecule has 2 rings (SSSR count). The van der Waals surface area contributed by atoms with Gasteiger partial charge in [-0.1, -0.05) is 6.42 Å². The molecule has 0 bridgehead atoms. The van der Waals surface area contributed by atoms with E-state index in [0.717, 1.165) is 12.3 Å². The fourth-order valence-electron chi connectivity index (χ4n) is 2.28. The second kappa shape index (κ2) is 2.81. The normalized spacial score (nSPS) is 42.0. The Bertz CT molecular complexity index is 148. The van der Waals surface area contributed by atoms with Crippen molar-refractivity contribution in [3.8, 4) is 0 Å². The van der Waals surface area contributed by atoms with Gasteiger partial charge in [0.05, 0.1) is 0 Å². The van der Waals surface area contributed by atoms with E-state index in [1.807, 2.05) is 0 Å². The molecule has 3 unspecified atom stereocenters. The third-order valence-electron chi connectivity index (χ3n) is 2.80. The maximum atomic E-state index is 10.0. The zero-order valence-corrected chi connectivity index (χ0v) is 6.45. The Kier molecular flexibility index (Phi) is 1.82. The lowest BCUT2D eigenvalue weighted by Gasteiger charge is -2.09. The van der Waals surface area contributed by atoms with Gasteiger partial charge >= 0.3 is 0 Å². The van der Waals surface area contributed by atoms with Gasteiger partial charge < -0.3 is 4.74 Å². The van der Waals surface area contributed by atoms with Crippen LogP contribution in [0.4, 0.5) is 0 Å². The summed E-state index contributed by atoms with van der Waals surface area (Å²) in [7, 11) is 0. The van der Waals surface area contributed by atoms with Crippen molar-refractivity contribution in [1.29, 1.82) is 0 Å². The van der Waals surface area contributed by atoms with E-state index in [2.05, 4.69) is 5.32 Å². The van der Waals surface area contributed by atoms with E-state index in [1.165, 1.54) is 19.3 Å². The standard InChI is InChI=1S/C8H13NO2/c10-5-11-8-4-6-2-1-3-7(6)9-8/h5-9H,1-4H2. The summed E-state index contributed by atoms with van der Waals surface area (Å²) in [5.41, 5.74) is 0. The summed E-state index contributed by atoms with van der Waals surface area (Å²) >= 11 is 0. The van der Waals surface area contributed by atoms with Crippen molar-refractivity contribution >= 4 is 6.47 Å². The summed E-state index contributed by atoms with van der Waals surface area (Å²) < 4.78 is 4.85. The van der Waals surface area contributed by atoms with Crippen LogP contribution in [0.3, 0.4) is 0 Å². The molecule has 3 nitrogen and oxygen atoms in total. The van der Waals surface area contributed by atoms with Crippen LogP contribution in [0, 0.1) is 5.92 Å². The summed E-state index contributed by atoms with van der Waals surface area (Å²) in [6.07, 6.45) is 4.90. The first-order valence-corrected chi connectivity index (χ1v) is 4.25. The Morgan fingerprint density at radius 1 is 1.45 bits per heavy atom. The minimum atomic E-state index is 0.00259. The molecule has 0 aromatic rings. The third kappa shape index (κ3) is 1.25. The van der Waals surface area contributed by atoms with Gasteiger partial charge in [-0.25, -0.2) is 0 Å². The van der Waals surface area contributed by atoms with Crippen LogP contribution < -0.4 is 5.32 Å². The number of fused-ring (bicyclic) bond motifs is 1. The molecule has 1 heterocycles. The molecule has 0 aromatic carbocycles. The Morgan fingerprint density at radius 2 is 2.36 bits per heavy atom. The Balaban J connectivity index is 1.89. The minimum Gasteiger partial charge on any atom is -0.449 e. The quantitative estimate of drug-likeness (QED) is 0.595. The maximum absolute atomic E-state index is 10.0. The van der Waals surface area contributed by atoms with Crippen molar-refractivity contribution < 1.29 is 9.53 Å². The highest BCUT2D eigenvalue weighted by Gasteiger charge is 2.37. The van der Waals surface area contributed by atoms with Crippen LogP contribution in [-0.2, 0) is 9.53 Å². The van der Waals surface area contributed by atoms with E-state index < -0.39 is 0 Å². The lowest BCUT2D eigenvalue weighted by atomic mass is 10.0. The van der Waals surface area contributed by atoms with Gasteiger partial charge in [-0.3, -0.25) is 10.1 Å². The second-order valence-corrected chi connectivity index (χ2v) is 3.42. The van der Waals surface area contributed by atoms with Gasteiger partial charge in [0.2, 0.25) is 0 Å². The average Bonchev–Trinajstić information content (AvgIpc) is 2.46. The highest BCUT2D eigenvalue weighted by molar-refractivity contribution is 5.37. The molecule has 1 aliphatic heterocycles. The Labute approximate surface area is 66.1 Å². The van der Waals surface area contributed by atoms with Gasteiger partial charge in [0, 0.05) is 12.5 Å². The van der Waals surface area contributed by atoms with Gasteiger partial charge in [0.15, 0.2) is 6.23 Å². The monoisotopic (exact) mass is 155 g/mol. The number of hydrogen-bond donors (Lipinski definition) is 1. The third-order valence-corrected chi connectivity index (χ3v) is 2.80. The number of nitrogens with one attached hydrogen (secondary N) is 1. The number of hydrogen-bond acceptors (Lipinski definition) is 3. The summed E-state index contributed by atoms with van der Waals surface area (Å²) in [6.45, 7) is 0.540. The molecule has 11 heavy (non-hydrogen) atoms. The summed E-state index contributed by atoms with van der Waals surface area (Å²) in [5, 5.41) is 3.30. The zero-order valence-electron chi connectivity index (χ0n) is 6.45. The molecule has 3 atom stereocenters. The molecule has 3 heteroatoms. The minimum absolute atomic E-state index is 0.00259. The van der Waals surface area contributed by atoms with Crippen LogP contribution in [-0.4, -0.2) is 18.7 Å². The molecule has 1 aliphatic carbocycles. The first-order chi connectivity index (χ1) is 5.40. The van der Waals surface area contributed by atoms with E-state index in [4.69, 9.17) is 4.74 Å². The smallest absolute Gasteiger partial charge is 0.294 e. The van der Waals surface area contributed by atoms with Gasteiger partial charge in [-0.2, -0.15) is 0 Å². The van der Waals surface area contributed by atoms with Crippen molar-refractivity contribution in [2.24, 2.45) is 5.92 Å². The van der Waals surface area contributed by atoms with E-state index in [9.17, 15) is 4.79 Å². The molecule has 2 fully saturated rings. The van der Waals surface area contributed by atoms with Crippen LogP contribution in [0.25, 0.3) is 0 Å². The predicted molar refractivity (Wildman–Crippen MR) is 39.8 cm³/mol. The molecular weight excluding hydrogens is 142 g/mol. The first kappa shape index (κ1) is 7.10. The molecule has 2 aliphatic rings. The zero-order chi connectivity index (χ0) is 7.68. The lowest BCUT2D eigenvalue weighted by Crippen LogP contribution is -2.30. The molecule has 1 saturated carbocycles. The van der Waals surface area contributed by atoms with E-state index >= 15 is 0 Å². The average molecular weight is 155 g/mol. The summed E-state index contributed by atoms with van der Waals surface area (Å²) in [4.78, 5) is 10.0. The van der Waals surface area contributed by atoms with Crippen molar-refractivity contribution in [2.75, 3.05) is 0 Å². The van der Waals surface area contributed by atoms with Crippen LogP contribution in [0.2, 0.25) is 0 Å². The molecule has 1 N–H and O–H groups in total. The van der Waals surface area contributed by atoms with Crippen LogP contribution in [0.15, 0.2) is 0 Å². The Hall–Kier alpha value is -0.570. The van der Waals surface area contributed by atoms with Gasteiger partial charge in [0.1, 0.15) is 0 Å². The van der Waals surface area contributed by atoms with Crippen LogP contribution >= 0.6 is 0 Å². The largest absolute Gasteiger partial charge is 0.449 e.